The van der Waals surface area contributed by atoms with Crippen molar-refractivity contribution in [1.29, 1.82) is 0 Å². The van der Waals surface area contributed by atoms with E-state index < -0.39 is 5.97 Å². The van der Waals surface area contributed by atoms with Crippen LogP contribution in [0.25, 0.3) is 0 Å². The molecule has 0 atom stereocenters. The smallest absolute Gasteiger partial charge is 0.303 e. The van der Waals surface area contributed by atoms with Crippen molar-refractivity contribution in [2.75, 3.05) is 12.8 Å². The third-order valence-electron chi connectivity index (χ3n) is 2.52. The molecule has 1 aromatic carbocycles. The van der Waals surface area contributed by atoms with Crippen molar-refractivity contribution in [3.63, 3.8) is 0 Å². The van der Waals surface area contributed by atoms with Crippen LogP contribution in [0.1, 0.15) is 29.6 Å². The maximum atomic E-state index is 11.9. The summed E-state index contributed by atoms with van der Waals surface area (Å²) in [5.74, 6) is -1.04. The van der Waals surface area contributed by atoms with Gasteiger partial charge in [-0.25, -0.2) is 0 Å². The molecule has 0 saturated carbocycles. The monoisotopic (exact) mass is 301 g/mol. The Hall–Kier alpha value is -1.20. The van der Waals surface area contributed by atoms with Crippen molar-refractivity contribution in [2.45, 2.75) is 24.2 Å². The molecular formula is C13H16ClNO3S. The number of amides is 1. The minimum absolute atomic E-state index is 0.124. The zero-order chi connectivity index (χ0) is 14.3. The number of hydrogen-bond acceptors (Lipinski definition) is 3. The second kappa shape index (κ2) is 8.07. The largest absolute Gasteiger partial charge is 0.481 e. The Morgan fingerprint density at radius 3 is 2.74 bits per heavy atom. The van der Waals surface area contributed by atoms with Crippen molar-refractivity contribution in [2.24, 2.45) is 0 Å². The van der Waals surface area contributed by atoms with Gasteiger partial charge in [0, 0.05) is 17.9 Å². The van der Waals surface area contributed by atoms with E-state index >= 15 is 0 Å². The van der Waals surface area contributed by atoms with Crippen LogP contribution < -0.4 is 5.32 Å². The molecule has 19 heavy (non-hydrogen) atoms. The van der Waals surface area contributed by atoms with Crippen LogP contribution in [0.15, 0.2) is 23.1 Å². The number of hydrogen-bond donors (Lipinski definition) is 2. The molecule has 2 N–H and O–H groups in total. The fraction of sp³-hybridized carbons (Fsp3) is 0.385. The molecule has 1 aromatic rings. The summed E-state index contributed by atoms with van der Waals surface area (Å²) in [5.41, 5.74) is 0.451. The molecule has 0 aliphatic heterocycles. The van der Waals surface area contributed by atoms with Gasteiger partial charge in [-0.3, -0.25) is 9.59 Å². The van der Waals surface area contributed by atoms with Crippen LogP contribution in [-0.2, 0) is 4.79 Å². The van der Waals surface area contributed by atoms with Gasteiger partial charge in [-0.2, -0.15) is 0 Å². The molecule has 0 saturated heterocycles. The van der Waals surface area contributed by atoms with Gasteiger partial charge in [-0.15, -0.1) is 11.8 Å². The molecular weight excluding hydrogens is 286 g/mol. The summed E-state index contributed by atoms with van der Waals surface area (Å²) >= 11 is 7.52. The lowest BCUT2D eigenvalue weighted by atomic mass is 10.2. The molecule has 0 radical (unpaired) electrons. The predicted molar refractivity (Wildman–Crippen MR) is 77.1 cm³/mol. The fourth-order valence-corrected chi connectivity index (χ4v) is 2.15. The number of carbonyl (C=O) groups is 2. The maximum absolute atomic E-state index is 11.9. The van der Waals surface area contributed by atoms with Gasteiger partial charge in [0.25, 0.3) is 5.91 Å². The molecule has 6 heteroatoms. The minimum atomic E-state index is -0.818. The van der Waals surface area contributed by atoms with Gasteiger partial charge in [0.15, 0.2) is 0 Å². The number of rotatable bonds is 7. The van der Waals surface area contributed by atoms with Crippen LogP contribution in [0.3, 0.4) is 0 Å². The van der Waals surface area contributed by atoms with E-state index in [4.69, 9.17) is 16.7 Å². The zero-order valence-electron chi connectivity index (χ0n) is 10.6. The van der Waals surface area contributed by atoms with Crippen LogP contribution in [0.5, 0.6) is 0 Å². The van der Waals surface area contributed by atoms with E-state index in [1.807, 2.05) is 12.3 Å². The maximum Gasteiger partial charge on any atom is 0.303 e. The molecule has 104 valence electrons. The minimum Gasteiger partial charge on any atom is -0.481 e. The van der Waals surface area contributed by atoms with E-state index in [0.717, 1.165) is 4.90 Å². The van der Waals surface area contributed by atoms with Gasteiger partial charge >= 0.3 is 5.97 Å². The number of carbonyl (C=O) groups excluding carboxylic acids is 1. The van der Waals surface area contributed by atoms with Crippen LogP contribution in [0.4, 0.5) is 0 Å². The summed E-state index contributed by atoms with van der Waals surface area (Å²) in [7, 11) is 0. The van der Waals surface area contributed by atoms with Gasteiger partial charge in [0.1, 0.15) is 0 Å². The number of benzene rings is 1. The lowest BCUT2D eigenvalue weighted by Crippen LogP contribution is -2.24. The van der Waals surface area contributed by atoms with Crippen LogP contribution in [0.2, 0.25) is 5.02 Å². The summed E-state index contributed by atoms with van der Waals surface area (Å²) in [4.78, 5) is 23.2. The number of carboxylic acid groups (broad SMARTS) is 1. The molecule has 0 aliphatic carbocycles. The van der Waals surface area contributed by atoms with Crippen molar-refractivity contribution in [3.8, 4) is 0 Å². The van der Waals surface area contributed by atoms with Gasteiger partial charge < -0.3 is 10.4 Å². The molecule has 0 fully saturated rings. The molecule has 4 nitrogen and oxygen atoms in total. The second-order valence-electron chi connectivity index (χ2n) is 3.95. The lowest BCUT2D eigenvalue weighted by Gasteiger charge is -2.07. The average molecular weight is 302 g/mol. The molecule has 1 amide bonds. The Kier molecular flexibility index (Phi) is 6.73. The van der Waals surface area contributed by atoms with Crippen molar-refractivity contribution >= 4 is 35.2 Å². The molecule has 0 unspecified atom stereocenters. The fourth-order valence-electron chi connectivity index (χ4n) is 1.50. The molecule has 1 rings (SSSR count). The first-order valence-corrected chi connectivity index (χ1v) is 7.48. The number of nitrogens with one attached hydrogen (secondary N) is 1. The Morgan fingerprint density at radius 2 is 2.11 bits per heavy atom. The van der Waals surface area contributed by atoms with E-state index in [1.54, 1.807) is 23.9 Å². The highest BCUT2D eigenvalue weighted by molar-refractivity contribution is 7.98. The Labute approximate surface area is 121 Å². The quantitative estimate of drug-likeness (QED) is 0.600. The van der Waals surface area contributed by atoms with Crippen molar-refractivity contribution in [1.82, 2.24) is 5.32 Å². The van der Waals surface area contributed by atoms with Crippen LogP contribution >= 0.6 is 23.4 Å². The van der Waals surface area contributed by atoms with E-state index in [2.05, 4.69) is 5.32 Å². The number of unbranched alkanes of at least 4 members (excludes halogenated alkanes) is 1. The zero-order valence-corrected chi connectivity index (χ0v) is 12.2. The number of carboxylic acids is 1. The Bertz CT molecular complexity index is 465. The Balaban J connectivity index is 2.47. The van der Waals surface area contributed by atoms with E-state index in [1.165, 1.54) is 0 Å². The summed E-state index contributed by atoms with van der Waals surface area (Å²) in [6.07, 6.45) is 3.24. The predicted octanol–water partition coefficient (Wildman–Crippen LogP) is 3.05. The number of thioether (sulfide) groups is 1. The third-order valence-corrected chi connectivity index (χ3v) is 3.58. The van der Waals surface area contributed by atoms with E-state index in [0.29, 0.717) is 30.0 Å². The first-order chi connectivity index (χ1) is 9.04. The molecule has 0 aromatic heterocycles. The van der Waals surface area contributed by atoms with Gasteiger partial charge in [-0.1, -0.05) is 11.6 Å². The van der Waals surface area contributed by atoms with Crippen molar-refractivity contribution in [3.05, 3.63) is 28.8 Å². The van der Waals surface area contributed by atoms with E-state index in [-0.39, 0.29) is 12.3 Å². The SMILES string of the molecule is CSc1ccc(Cl)c(C(=O)NCCCCC(=O)O)c1. The second-order valence-corrected chi connectivity index (χ2v) is 5.24. The summed E-state index contributed by atoms with van der Waals surface area (Å²) in [6.45, 7) is 0.450. The summed E-state index contributed by atoms with van der Waals surface area (Å²) in [5, 5.41) is 11.6. The average Bonchev–Trinajstić information content (AvgIpc) is 2.38. The topological polar surface area (TPSA) is 66.4 Å². The van der Waals surface area contributed by atoms with Gasteiger partial charge in [-0.05, 0) is 37.3 Å². The van der Waals surface area contributed by atoms with Gasteiger partial charge in [0.2, 0.25) is 0 Å². The van der Waals surface area contributed by atoms with E-state index in [9.17, 15) is 9.59 Å². The highest BCUT2D eigenvalue weighted by Gasteiger charge is 2.10. The first kappa shape index (κ1) is 15.9. The van der Waals surface area contributed by atoms with Crippen LogP contribution in [-0.4, -0.2) is 29.8 Å². The molecule has 0 heterocycles. The summed E-state index contributed by atoms with van der Waals surface area (Å²) in [6, 6.07) is 5.31. The number of halogens is 1. The standard InChI is InChI=1S/C13H16ClNO3S/c1-19-9-5-6-11(14)10(8-9)13(18)15-7-3-2-4-12(16)17/h5-6,8H,2-4,7H2,1H3,(H,15,18)(H,16,17). The molecule has 0 aliphatic rings. The lowest BCUT2D eigenvalue weighted by molar-refractivity contribution is -0.137. The summed E-state index contributed by atoms with van der Waals surface area (Å²) < 4.78 is 0. The highest BCUT2D eigenvalue weighted by atomic mass is 35.5. The third kappa shape index (κ3) is 5.53. The van der Waals surface area contributed by atoms with Crippen LogP contribution in [0, 0.1) is 0 Å². The molecule has 0 bridgehead atoms. The first-order valence-electron chi connectivity index (χ1n) is 5.88. The molecule has 0 spiro atoms. The van der Waals surface area contributed by atoms with Crippen molar-refractivity contribution < 1.29 is 14.7 Å². The van der Waals surface area contributed by atoms with Gasteiger partial charge in [0.05, 0.1) is 10.6 Å². The number of aliphatic carboxylic acids is 1. The highest BCUT2D eigenvalue weighted by Crippen LogP contribution is 2.22. The normalized spacial score (nSPS) is 10.2. The Morgan fingerprint density at radius 1 is 1.37 bits per heavy atom.